The maximum absolute atomic E-state index is 12.5. The Hall–Kier alpha value is -1.49. The molecule has 1 aliphatic carbocycles. The lowest BCUT2D eigenvalue weighted by molar-refractivity contribution is -0.274. The van der Waals surface area contributed by atoms with Crippen LogP contribution in [0.2, 0.25) is 0 Å². The average molecular weight is 499 g/mol. The number of nitrogens with two attached hydrogens (primary N) is 2. The van der Waals surface area contributed by atoms with Gasteiger partial charge in [0, 0.05) is 8.95 Å². The highest BCUT2D eigenvalue weighted by atomic mass is 79.9. The van der Waals surface area contributed by atoms with Gasteiger partial charge in [0.05, 0.1) is 5.69 Å². The van der Waals surface area contributed by atoms with Gasteiger partial charge in [0.15, 0.2) is 0 Å². The van der Waals surface area contributed by atoms with Crippen molar-refractivity contribution in [2.24, 2.45) is 21.5 Å². The molecule has 0 aromatic heterocycles. The largest absolute Gasteiger partial charge is 0.573 e. The van der Waals surface area contributed by atoms with E-state index in [1.165, 1.54) is 12.1 Å². The summed E-state index contributed by atoms with van der Waals surface area (Å²) in [5, 5.41) is 0. The van der Waals surface area contributed by atoms with Crippen molar-refractivity contribution in [2.45, 2.75) is 44.1 Å². The molecule has 1 heterocycles. The number of guanidine groups is 2. The van der Waals surface area contributed by atoms with Gasteiger partial charge < -0.3 is 16.2 Å². The van der Waals surface area contributed by atoms with Gasteiger partial charge >= 0.3 is 6.36 Å². The standard InChI is InChI=1S/C15H16Br2F3N5O/c16-9-6-8(26-15(18,19)20)7-10(17)11(9)25-13(22)23-12(21)24-14(25)4-2-1-3-5-14/h6-7H,1-5H2,(H4,21,22,23,24). The summed E-state index contributed by atoms with van der Waals surface area (Å²) in [5.41, 5.74) is 11.8. The van der Waals surface area contributed by atoms with Crippen LogP contribution >= 0.6 is 31.9 Å². The maximum atomic E-state index is 12.5. The van der Waals surface area contributed by atoms with Crippen molar-refractivity contribution < 1.29 is 17.9 Å². The molecule has 1 aromatic rings. The molecule has 142 valence electrons. The fraction of sp³-hybridized carbons (Fsp3) is 0.467. The van der Waals surface area contributed by atoms with E-state index < -0.39 is 12.0 Å². The number of hydrogen-bond acceptors (Lipinski definition) is 6. The third kappa shape index (κ3) is 3.78. The molecule has 0 amide bonds. The summed E-state index contributed by atoms with van der Waals surface area (Å²) in [4.78, 5) is 10.3. The monoisotopic (exact) mass is 497 g/mol. The van der Waals surface area contributed by atoms with Gasteiger partial charge in [-0.15, -0.1) is 13.2 Å². The van der Waals surface area contributed by atoms with Crippen LogP contribution in [0, 0.1) is 0 Å². The zero-order valence-corrected chi connectivity index (χ0v) is 16.7. The van der Waals surface area contributed by atoms with E-state index in [4.69, 9.17) is 11.5 Å². The minimum atomic E-state index is -4.78. The summed E-state index contributed by atoms with van der Waals surface area (Å²) in [6.45, 7) is 0. The van der Waals surface area contributed by atoms with Crippen molar-refractivity contribution in [3.63, 3.8) is 0 Å². The minimum absolute atomic E-state index is 0.102. The molecule has 2 aliphatic rings. The quantitative estimate of drug-likeness (QED) is 0.638. The number of benzene rings is 1. The number of nitrogens with zero attached hydrogens (tertiary/aromatic N) is 3. The molecule has 11 heteroatoms. The van der Waals surface area contributed by atoms with Crippen molar-refractivity contribution in [2.75, 3.05) is 4.90 Å². The van der Waals surface area contributed by atoms with Gasteiger partial charge in [0.2, 0.25) is 11.9 Å². The summed E-state index contributed by atoms with van der Waals surface area (Å²) in [5.74, 6) is -0.108. The fourth-order valence-corrected chi connectivity index (χ4v) is 4.89. The van der Waals surface area contributed by atoms with Crippen LogP contribution in [-0.2, 0) is 0 Å². The molecule has 1 fully saturated rings. The molecule has 4 N–H and O–H groups in total. The highest BCUT2D eigenvalue weighted by Crippen LogP contribution is 2.46. The van der Waals surface area contributed by atoms with E-state index in [0.717, 1.165) is 19.3 Å². The molecule has 6 nitrogen and oxygen atoms in total. The summed E-state index contributed by atoms with van der Waals surface area (Å²) in [6.07, 6.45) is -0.415. The Labute approximate surface area is 164 Å². The van der Waals surface area contributed by atoms with Gasteiger partial charge in [0.1, 0.15) is 11.4 Å². The Balaban J connectivity index is 2.07. The van der Waals surface area contributed by atoms with Gasteiger partial charge in [-0.25, -0.2) is 4.99 Å². The number of hydrogen-bond donors (Lipinski definition) is 2. The molecule has 1 aromatic carbocycles. The van der Waals surface area contributed by atoms with Crippen LogP contribution in [0.3, 0.4) is 0 Å². The predicted octanol–water partition coefficient (Wildman–Crippen LogP) is 4.22. The fourth-order valence-electron chi connectivity index (χ4n) is 3.39. The van der Waals surface area contributed by atoms with Crippen LogP contribution in [0.4, 0.5) is 18.9 Å². The van der Waals surface area contributed by atoms with E-state index in [1.807, 2.05) is 0 Å². The lowest BCUT2D eigenvalue weighted by Crippen LogP contribution is -2.58. The first-order valence-corrected chi connectivity index (χ1v) is 9.44. The molecule has 1 aliphatic heterocycles. The predicted molar refractivity (Wildman–Crippen MR) is 100 cm³/mol. The molecular weight excluding hydrogens is 483 g/mol. The Bertz CT molecular complexity index is 752. The lowest BCUT2D eigenvalue weighted by Gasteiger charge is -2.46. The Kier molecular flexibility index (Phi) is 5.13. The van der Waals surface area contributed by atoms with E-state index >= 15 is 0 Å². The van der Waals surface area contributed by atoms with E-state index in [1.54, 1.807) is 4.90 Å². The highest BCUT2D eigenvalue weighted by molar-refractivity contribution is 9.11. The van der Waals surface area contributed by atoms with E-state index in [-0.39, 0.29) is 17.7 Å². The van der Waals surface area contributed by atoms with Crippen molar-refractivity contribution in [3.8, 4) is 5.75 Å². The summed E-state index contributed by atoms with van der Waals surface area (Å²) < 4.78 is 42.3. The minimum Gasteiger partial charge on any atom is -0.406 e. The van der Waals surface area contributed by atoms with Gasteiger partial charge in [-0.05, 0) is 69.7 Å². The number of ether oxygens (including phenoxy) is 1. The second kappa shape index (κ2) is 6.91. The first-order chi connectivity index (χ1) is 12.1. The lowest BCUT2D eigenvalue weighted by atomic mass is 9.87. The van der Waals surface area contributed by atoms with Crippen LogP contribution in [0.1, 0.15) is 32.1 Å². The Morgan fingerprint density at radius 3 is 2.19 bits per heavy atom. The van der Waals surface area contributed by atoms with Crippen LogP contribution in [-0.4, -0.2) is 23.9 Å². The van der Waals surface area contributed by atoms with Crippen LogP contribution in [0.25, 0.3) is 0 Å². The Morgan fingerprint density at radius 1 is 1.08 bits per heavy atom. The average Bonchev–Trinajstić information content (AvgIpc) is 2.48. The third-order valence-electron chi connectivity index (χ3n) is 4.30. The van der Waals surface area contributed by atoms with Gasteiger partial charge in [-0.1, -0.05) is 6.42 Å². The maximum Gasteiger partial charge on any atom is 0.573 e. The first-order valence-electron chi connectivity index (χ1n) is 7.86. The highest BCUT2D eigenvalue weighted by Gasteiger charge is 2.44. The van der Waals surface area contributed by atoms with E-state index in [0.29, 0.717) is 27.5 Å². The summed E-state index contributed by atoms with van der Waals surface area (Å²) in [7, 11) is 0. The molecule has 3 rings (SSSR count). The van der Waals surface area contributed by atoms with E-state index in [2.05, 4.69) is 46.6 Å². The molecule has 0 bridgehead atoms. The molecule has 0 radical (unpaired) electrons. The molecular formula is C15H16Br2F3N5O. The van der Waals surface area contributed by atoms with Crippen LogP contribution in [0.5, 0.6) is 5.75 Å². The number of anilines is 1. The van der Waals surface area contributed by atoms with E-state index in [9.17, 15) is 13.2 Å². The third-order valence-corrected chi connectivity index (χ3v) is 5.51. The van der Waals surface area contributed by atoms with Gasteiger partial charge in [-0.2, -0.15) is 4.99 Å². The summed E-state index contributed by atoms with van der Waals surface area (Å²) >= 11 is 6.65. The van der Waals surface area contributed by atoms with Crippen molar-refractivity contribution >= 4 is 49.5 Å². The molecule has 1 saturated carbocycles. The van der Waals surface area contributed by atoms with Gasteiger partial charge in [0.25, 0.3) is 0 Å². The first kappa shape index (κ1) is 19.3. The number of halogens is 5. The van der Waals surface area contributed by atoms with Crippen LogP contribution in [0.15, 0.2) is 31.1 Å². The SMILES string of the molecule is NC1=NC2(CCCCC2)N(c2c(Br)cc(OC(F)(F)F)cc2Br)C(N)=N1. The van der Waals surface area contributed by atoms with Crippen molar-refractivity contribution in [1.29, 1.82) is 0 Å². The van der Waals surface area contributed by atoms with Gasteiger partial charge in [-0.3, -0.25) is 4.90 Å². The number of rotatable bonds is 2. The molecule has 0 atom stereocenters. The molecule has 0 unspecified atom stereocenters. The second-order valence-electron chi connectivity index (χ2n) is 6.10. The molecule has 0 saturated heterocycles. The van der Waals surface area contributed by atoms with Crippen molar-refractivity contribution in [1.82, 2.24) is 0 Å². The topological polar surface area (TPSA) is 89.2 Å². The van der Waals surface area contributed by atoms with Crippen LogP contribution < -0.4 is 21.1 Å². The molecule has 26 heavy (non-hydrogen) atoms. The van der Waals surface area contributed by atoms with Crippen molar-refractivity contribution in [3.05, 3.63) is 21.1 Å². The number of alkyl halides is 3. The number of aliphatic imine (C=N–C) groups is 2. The summed E-state index contributed by atoms with van der Waals surface area (Å²) in [6, 6.07) is 2.47. The zero-order chi connectivity index (χ0) is 19.1. The Morgan fingerprint density at radius 2 is 1.65 bits per heavy atom. The molecule has 1 spiro atoms. The smallest absolute Gasteiger partial charge is 0.406 e. The second-order valence-corrected chi connectivity index (χ2v) is 7.81. The normalized spacial score (nSPS) is 20.0. The zero-order valence-electron chi connectivity index (χ0n) is 13.5.